The Labute approximate surface area is 345 Å². The van der Waals surface area contributed by atoms with E-state index in [1.807, 2.05) is 67.4 Å². The van der Waals surface area contributed by atoms with E-state index in [0.717, 1.165) is 97.3 Å². The van der Waals surface area contributed by atoms with Crippen LogP contribution in [0, 0.1) is 5.82 Å². The lowest BCUT2D eigenvalue weighted by Gasteiger charge is -2.31. The Balaban J connectivity index is 1.02. The summed E-state index contributed by atoms with van der Waals surface area (Å²) in [6.07, 6.45) is 5.15. The predicted molar refractivity (Wildman–Crippen MR) is 233 cm³/mol. The third-order valence-corrected chi connectivity index (χ3v) is 11.8. The maximum Gasteiger partial charge on any atom is 0.220 e. The monoisotopic (exact) mass is 810 g/mol. The first kappa shape index (κ1) is 43.1. The molecule has 1 amide bonds. The summed E-state index contributed by atoms with van der Waals surface area (Å²) >= 11 is 0. The molecular weight excluding hydrogens is 752 g/mol. The lowest BCUT2D eigenvalue weighted by Crippen LogP contribution is -2.48. The van der Waals surface area contributed by atoms with Crippen molar-refractivity contribution in [2.45, 2.75) is 96.4 Å². The summed E-state index contributed by atoms with van der Waals surface area (Å²) in [4.78, 5) is 20.9. The Morgan fingerprint density at radius 3 is 2.59 bits per heavy atom. The highest BCUT2D eigenvalue weighted by atomic mass is 32.2. The van der Waals surface area contributed by atoms with Crippen LogP contribution in [0.5, 0.6) is 0 Å². The SMILES string of the molecule is C/C=N\N(CC)c1cc(NC2CCOCC2)c(CNS(=O)c2ccc(CCC(=O)NCc3ccc(F)c(-c4cccc(CN5CCNC(C)C5)c4)c3)cc2)c(CC)n1. The molecule has 2 unspecified atom stereocenters. The molecule has 0 spiro atoms. The number of carbonyl (C=O) groups is 1. The van der Waals surface area contributed by atoms with Gasteiger partial charge < -0.3 is 20.7 Å². The topological polar surface area (TPSA) is 123 Å². The zero-order valence-corrected chi connectivity index (χ0v) is 35.2. The van der Waals surface area contributed by atoms with Gasteiger partial charge in [0.2, 0.25) is 5.91 Å². The van der Waals surface area contributed by atoms with Crippen molar-refractivity contribution in [3.63, 3.8) is 0 Å². The molecule has 0 bridgehead atoms. The number of pyridine rings is 1. The van der Waals surface area contributed by atoms with Gasteiger partial charge in [-0.05, 0) is 99.0 Å². The van der Waals surface area contributed by atoms with Crippen LogP contribution in [0.4, 0.5) is 15.9 Å². The summed E-state index contributed by atoms with van der Waals surface area (Å²) in [7, 11) is -1.47. The van der Waals surface area contributed by atoms with Crippen LogP contribution >= 0.6 is 0 Å². The zero-order valence-electron chi connectivity index (χ0n) is 34.4. The Hall–Kier alpha value is -4.53. The maximum atomic E-state index is 15.1. The van der Waals surface area contributed by atoms with Crippen molar-refractivity contribution >= 4 is 34.6 Å². The Morgan fingerprint density at radius 2 is 1.84 bits per heavy atom. The van der Waals surface area contributed by atoms with E-state index < -0.39 is 11.0 Å². The highest BCUT2D eigenvalue weighted by Gasteiger charge is 2.21. The molecule has 13 heteroatoms. The van der Waals surface area contributed by atoms with Crippen molar-refractivity contribution in [3.05, 3.63) is 107 Å². The Morgan fingerprint density at radius 1 is 1.05 bits per heavy atom. The molecule has 1 aromatic heterocycles. The summed E-state index contributed by atoms with van der Waals surface area (Å²) in [5.41, 5.74) is 7.21. The summed E-state index contributed by atoms with van der Waals surface area (Å²) < 4.78 is 37.4. The molecule has 2 aliphatic heterocycles. The number of ether oxygens (including phenoxy) is 1. The fourth-order valence-corrected chi connectivity index (χ4v) is 8.39. The van der Waals surface area contributed by atoms with E-state index in [9.17, 15) is 9.00 Å². The molecule has 58 heavy (non-hydrogen) atoms. The highest BCUT2D eigenvalue weighted by Crippen LogP contribution is 2.29. The summed E-state index contributed by atoms with van der Waals surface area (Å²) in [5, 5.41) is 16.6. The van der Waals surface area contributed by atoms with Crippen LogP contribution in [-0.2, 0) is 53.0 Å². The van der Waals surface area contributed by atoms with Gasteiger partial charge in [0.25, 0.3) is 0 Å². The summed E-state index contributed by atoms with van der Waals surface area (Å²) in [6, 6.07) is 23.4. The van der Waals surface area contributed by atoms with Crippen LogP contribution in [0.2, 0.25) is 0 Å². The van der Waals surface area contributed by atoms with Crippen LogP contribution in [0.25, 0.3) is 11.1 Å². The number of nitrogens with zero attached hydrogens (tertiary/aromatic N) is 4. The number of rotatable bonds is 18. The van der Waals surface area contributed by atoms with Gasteiger partial charge in [0.15, 0.2) is 5.82 Å². The summed E-state index contributed by atoms with van der Waals surface area (Å²) in [5.74, 6) is 0.402. The van der Waals surface area contributed by atoms with Crippen molar-refractivity contribution < 1.29 is 18.1 Å². The Bertz CT molecular complexity index is 2020. The van der Waals surface area contributed by atoms with Crippen molar-refractivity contribution in [2.75, 3.05) is 49.7 Å². The first-order valence-electron chi connectivity index (χ1n) is 20.7. The standard InChI is InChI=1S/C45H59FN8O3S/c1-5-42-40(43(51-37-19-23-57-24-20-37)27-44(52-42)54(7-3)49-6-2)29-50-58(56)38-15-11-33(12-16-38)14-18-45(55)48-28-34-13-17-41(46)39(26-34)36-10-8-9-35(25-36)31-53-22-21-47-32(4)30-53/h6,8-13,15-17,25-27,32,37,47,50H,5,7,14,18-24,28-31H2,1-4H3,(H,48,55)(H,51,52)/b49-6-. The van der Waals surface area contributed by atoms with E-state index in [-0.39, 0.29) is 17.8 Å². The van der Waals surface area contributed by atoms with Gasteiger partial charge in [0.1, 0.15) is 16.8 Å². The van der Waals surface area contributed by atoms with Gasteiger partial charge >= 0.3 is 0 Å². The predicted octanol–water partition coefficient (Wildman–Crippen LogP) is 6.73. The largest absolute Gasteiger partial charge is 0.382 e. The van der Waals surface area contributed by atoms with Gasteiger partial charge in [0, 0.05) is 112 Å². The molecule has 0 radical (unpaired) electrons. The third kappa shape index (κ3) is 12.0. The van der Waals surface area contributed by atoms with Crippen molar-refractivity contribution in [2.24, 2.45) is 5.10 Å². The second-order valence-electron chi connectivity index (χ2n) is 15.0. The van der Waals surface area contributed by atoms with Crippen molar-refractivity contribution in [1.82, 2.24) is 25.2 Å². The number of halogens is 1. The molecule has 2 fully saturated rings. The molecule has 2 aliphatic rings. The van der Waals surface area contributed by atoms with Crippen LogP contribution in [0.15, 0.2) is 82.8 Å². The van der Waals surface area contributed by atoms with Crippen LogP contribution < -0.4 is 25.7 Å². The van der Waals surface area contributed by atoms with E-state index >= 15 is 4.39 Å². The molecule has 0 aliphatic carbocycles. The van der Waals surface area contributed by atoms with Gasteiger partial charge in [0.05, 0.1) is 4.90 Å². The maximum absolute atomic E-state index is 15.1. The molecule has 4 N–H and O–H groups in total. The normalized spacial score (nSPS) is 17.0. The number of hydrazone groups is 1. The number of hydrogen-bond donors (Lipinski definition) is 4. The van der Waals surface area contributed by atoms with Gasteiger partial charge in [-0.2, -0.15) is 5.10 Å². The molecule has 2 atom stereocenters. The van der Waals surface area contributed by atoms with E-state index in [0.29, 0.717) is 55.4 Å². The number of carbonyl (C=O) groups excluding carboxylic acids is 1. The second-order valence-corrected chi connectivity index (χ2v) is 16.3. The van der Waals surface area contributed by atoms with Gasteiger partial charge in [-0.1, -0.05) is 43.3 Å². The molecule has 310 valence electrons. The average molecular weight is 811 g/mol. The number of nitrogens with one attached hydrogen (secondary N) is 4. The number of aromatic nitrogens is 1. The van der Waals surface area contributed by atoms with Crippen molar-refractivity contribution in [1.29, 1.82) is 0 Å². The minimum Gasteiger partial charge on any atom is -0.382 e. The average Bonchev–Trinajstić information content (AvgIpc) is 3.24. The molecule has 0 saturated carbocycles. The number of anilines is 2. The van der Waals surface area contributed by atoms with Crippen molar-refractivity contribution in [3.8, 4) is 11.1 Å². The number of hydrogen-bond acceptors (Lipinski definition) is 9. The molecule has 3 aromatic carbocycles. The van der Waals surface area contributed by atoms with Gasteiger partial charge in [-0.25, -0.2) is 23.3 Å². The smallest absolute Gasteiger partial charge is 0.220 e. The molecule has 11 nitrogen and oxygen atoms in total. The Kier molecular flexibility index (Phi) is 15.9. The van der Waals surface area contributed by atoms with E-state index in [1.165, 1.54) is 6.07 Å². The lowest BCUT2D eigenvalue weighted by molar-refractivity contribution is -0.121. The minimum absolute atomic E-state index is 0.0903. The van der Waals surface area contributed by atoms with Crippen LogP contribution in [0.1, 0.15) is 74.9 Å². The number of piperazine rings is 1. The third-order valence-electron chi connectivity index (χ3n) is 10.7. The lowest BCUT2D eigenvalue weighted by atomic mass is 10.00. The van der Waals surface area contributed by atoms with Crippen LogP contribution in [0.3, 0.4) is 0 Å². The second kappa shape index (κ2) is 21.5. The molecule has 3 heterocycles. The number of aryl methyl sites for hydroxylation is 2. The fraction of sp³-hybridized carbons (Fsp3) is 0.444. The van der Waals surface area contributed by atoms with Gasteiger partial charge in [-0.3, -0.25) is 9.69 Å². The molecule has 6 rings (SSSR count). The number of amides is 1. The van der Waals surface area contributed by atoms with E-state index in [1.54, 1.807) is 12.3 Å². The quantitative estimate of drug-likeness (QED) is 0.0646. The van der Waals surface area contributed by atoms with Crippen LogP contribution in [-0.4, -0.2) is 77.7 Å². The highest BCUT2D eigenvalue weighted by molar-refractivity contribution is 7.83. The molecule has 4 aromatic rings. The fourth-order valence-electron chi connectivity index (χ4n) is 7.57. The summed E-state index contributed by atoms with van der Waals surface area (Å²) in [6.45, 7) is 14.8. The zero-order chi connectivity index (χ0) is 40.9. The minimum atomic E-state index is -1.47. The van der Waals surface area contributed by atoms with E-state index in [2.05, 4.69) is 56.7 Å². The first-order chi connectivity index (χ1) is 28.2. The molecular formula is C45H59FN8O3S. The van der Waals surface area contributed by atoms with Gasteiger partial charge in [-0.15, -0.1) is 0 Å². The van der Waals surface area contributed by atoms with E-state index in [4.69, 9.17) is 9.72 Å². The molecule has 2 saturated heterocycles. The number of benzene rings is 3. The first-order valence-corrected chi connectivity index (χ1v) is 21.9.